The van der Waals surface area contributed by atoms with E-state index in [2.05, 4.69) is 31.2 Å². The van der Waals surface area contributed by atoms with Crippen LogP contribution in [0, 0.1) is 34.1 Å². The number of methoxy groups -OCH3 is 2. The second kappa shape index (κ2) is 32.3. The van der Waals surface area contributed by atoms with E-state index >= 15 is 8.78 Å². The van der Waals surface area contributed by atoms with Gasteiger partial charge in [0.25, 0.3) is 0 Å². The maximum absolute atomic E-state index is 15.2. The second-order valence-electron chi connectivity index (χ2n) is 21.9. The minimum atomic E-state index is -1.29. The molecule has 2 fully saturated rings. The Hall–Kier alpha value is -9.26. The van der Waals surface area contributed by atoms with Crippen LogP contribution in [-0.2, 0) is 28.8 Å². The van der Waals surface area contributed by atoms with E-state index in [9.17, 15) is 47.8 Å². The smallest absolute Gasteiger partial charge is 0.550 e. The number of benzene rings is 6. The third-order valence-corrected chi connectivity index (χ3v) is 15.3. The van der Waals surface area contributed by atoms with Crippen molar-refractivity contribution in [1.29, 1.82) is 0 Å². The first-order chi connectivity index (χ1) is 44.4. The number of carbonyl (C=O) groups is 6. The van der Waals surface area contributed by atoms with Crippen LogP contribution in [-0.4, -0.2) is 111 Å². The van der Waals surface area contributed by atoms with Crippen LogP contribution in [0.1, 0.15) is 89.9 Å². The number of halogens is 4. The summed E-state index contributed by atoms with van der Waals surface area (Å²) in [7, 11) is 2.99. The Kier molecular flexibility index (Phi) is 24.2. The molecule has 0 radical (unpaired) electrons. The molecule has 0 unspecified atom stereocenters. The summed E-state index contributed by atoms with van der Waals surface area (Å²) < 4.78 is 91.4. The van der Waals surface area contributed by atoms with Gasteiger partial charge in [0.1, 0.15) is 34.0 Å². The second-order valence-corrected chi connectivity index (χ2v) is 21.9. The molecule has 25 heteroatoms. The summed E-state index contributed by atoms with van der Waals surface area (Å²) in [6.07, 6.45) is 10.1. The zero-order valence-electron chi connectivity index (χ0n) is 50.8. The van der Waals surface area contributed by atoms with E-state index in [1.807, 2.05) is 0 Å². The first-order valence-corrected chi connectivity index (χ1v) is 29.7. The molecule has 0 saturated heterocycles. The summed E-state index contributed by atoms with van der Waals surface area (Å²) >= 11 is 0. The fraction of sp³-hybridized carbons (Fsp3) is 0.294. The summed E-state index contributed by atoms with van der Waals surface area (Å²) in [5.41, 5.74) is -0.503. The molecule has 0 atom stereocenters. The van der Waals surface area contributed by atoms with Crippen molar-refractivity contribution in [3.63, 3.8) is 0 Å². The van der Waals surface area contributed by atoms with Gasteiger partial charge < -0.3 is 69.5 Å². The Bertz CT molecular complexity index is 3750. The minimum absolute atomic E-state index is 0. The molecule has 93 heavy (non-hydrogen) atoms. The van der Waals surface area contributed by atoms with Gasteiger partial charge in [0.05, 0.1) is 38.5 Å². The fourth-order valence-electron chi connectivity index (χ4n) is 9.79. The Labute approximate surface area is 561 Å². The normalized spacial score (nSPS) is 13.0. The maximum Gasteiger partial charge on any atom is 2.00 e. The fourth-order valence-corrected chi connectivity index (χ4v) is 9.79. The molecule has 0 aliphatic heterocycles. The van der Waals surface area contributed by atoms with Crippen LogP contribution in [0.4, 0.5) is 40.3 Å². The Balaban J connectivity index is 0.000000236. The first-order valence-electron chi connectivity index (χ1n) is 29.7. The summed E-state index contributed by atoms with van der Waals surface area (Å²) in [4.78, 5) is 81.5. The third-order valence-electron chi connectivity index (χ3n) is 15.3. The number of fused-ring (bicyclic) bond motifs is 2. The number of hydrogen-bond donors (Lipinski definition) is 4. The standard InChI is InChI=1S/2C34H33F2N3O7.Ca/c2*1-44-29-19-24-26(20-30(29)45-17-5-3-2-4-6-31(40)41)37-16-13-27(24)46-28-12-11-23(18-25(28)36)39-33(43)34(14-15-34)32(42)38-22-9-7-21(35)8-10-22;/h2*7-13,16,18-20H,2-6,14-15,17H2,1H3,(H,38,42)(H,39,43)(H,40,41);/q;;+2/p-2. The SMILES string of the molecule is COc1cc2c(Oc3ccc(NC(=O)C4(C(=O)Nc5ccc(F)cc5)CC4)cc3F)ccnc2cc1OCCCCCCC(=O)[O-].COc1cc2c(Oc3ccc(NC(=O)C4(C(=O)Nc5ccc(F)cc5)CC4)cc3F)ccnc2cc1OCCCCCCC(=O)[O-].[Ca+2]. The number of anilines is 4. The van der Waals surface area contributed by atoms with E-state index in [-0.39, 0.29) is 73.5 Å². The van der Waals surface area contributed by atoms with Crippen LogP contribution >= 0.6 is 0 Å². The first kappa shape index (κ1) is 69.6. The summed E-state index contributed by atoms with van der Waals surface area (Å²) in [5.74, 6) is -4.41. The van der Waals surface area contributed by atoms with Gasteiger partial charge in [0, 0.05) is 82.1 Å². The molecule has 20 nitrogen and oxygen atoms in total. The number of carboxylic acid groups (broad SMARTS) is 2. The zero-order valence-corrected chi connectivity index (χ0v) is 53.1. The Morgan fingerprint density at radius 1 is 0.419 bits per heavy atom. The third kappa shape index (κ3) is 18.5. The van der Waals surface area contributed by atoms with Gasteiger partial charge in [-0.05, 0) is 161 Å². The molecular weight excluding hydrogens is 1240 g/mol. The van der Waals surface area contributed by atoms with E-state index in [1.54, 1.807) is 36.4 Å². The van der Waals surface area contributed by atoms with Crippen LogP contribution in [0.2, 0.25) is 0 Å². The van der Waals surface area contributed by atoms with Crippen molar-refractivity contribution in [2.45, 2.75) is 89.9 Å². The molecule has 0 bridgehead atoms. The van der Waals surface area contributed by atoms with Crippen molar-refractivity contribution < 1.29 is 85.0 Å². The molecule has 2 aliphatic carbocycles. The molecular formula is C68H64CaF4N6O14. The Morgan fingerprint density at radius 2 is 0.763 bits per heavy atom. The predicted molar refractivity (Wildman–Crippen MR) is 333 cm³/mol. The van der Waals surface area contributed by atoms with E-state index < -0.39 is 69.7 Å². The average molecular weight is 1310 g/mol. The number of carbonyl (C=O) groups excluding carboxylic acids is 6. The van der Waals surface area contributed by atoms with Crippen molar-refractivity contribution in [1.82, 2.24) is 9.97 Å². The summed E-state index contributed by atoms with van der Waals surface area (Å²) in [6, 6.07) is 28.3. The topological polar surface area (TPSA) is 278 Å². The van der Waals surface area contributed by atoms with E-state index in [1.165, 1.54) is 99.4 Å². The van der Waals surface area contributed by atoms with Crippen LogP contribution < -0.4 is 59.9 Å². The number of aliphatic carboxylic acids is 2. The van der Waals surface area contributed by atoms with Gasteiger partial charge in [-0.3, -0.25) is 29.1 Å². The minimum Gasteiger partial charge on any atom is -0.550 e. The number of aromatic nitrogens is 2. The molecule has 0 spiro atoms. The van der Waals surface area contributed by atoms with E-state index in [4.69, 9.17) is 28.4 Å². The molecule has 6 aromatic carbocycles. The molecule has 10 rings (SSSR count). The number of carboxylic acids is 2. The van der Waals surface area contributed by atoms with Crippen LogP contribution in [0.5, 0.6) is 46.0 Å². The molecule has 2 saturated carbocycles. The number of rotatable bonds is 30. The van der Waals surface area contributed by atoms with Crippen LogP contribution in [0.25, 0.3) is 21.8 Å². The van der Waals surface area contributed by atoms with Gasteiger partial charge in [-0.15, -0.1) is 0 Å². The predicted octanol–water partition coefficient (Wildman–Crippen LogP) is 11.1. The van der Waals surface area contributed by atoms with Crippen LogP contribution in [0.15, 0.2) is 134 Å². The maximum atomic E-state index is 15.2. The average Bonchev–Trinajstić information content (AvgIpc) is 1.58. The van der Waals surface area contributed by atoms with E-state index in [0.717, 1.165) is 50.7 Å². The quantitative estimate of drug-likeness (QED) is 0.0141. The van der Waals surface area contributed by atoms with Crippen molar-refractivity contribution in [3.05, 3.63) is 157 Å². The number of nitrogens with zero attached hydrogens (tertiary/aromatic N) is 2. The number of ether oxygens (including phenoxy) is 6. The van der Waals surface area contributed by atoms with Gasteiger partial charge in [-0.25, -0.2) is 17.6 Å². The molecule has 2 aromatic heterocycles. The number of amides is 4. The molecule has 8 aromatic rings. The van der Waals surface area contributed by atoms with E-state index in [0.29, 0.717) is 119 Å². The largest absolute Gasteiger partial charge is 2.00 e. The van der Waals surface area contributed by atoms with Gasteiger partial charge in [0.15, 0.2) is 46.1 Å². The zero-order chi connectivity index (χ0) is 65.4. The van der Waals surface area contributed by atoms with Crippen molar-refractivity contribution in [2.24, 2.45) is 10.8 Å². The van der Waals surface area contributed by atoms with Crippen molar-refractivity contribution >= 4 is 118 Å². The van der Waals surface area contributed by atoms with Gasteiger partial charge >= 0.3 is 37.7 Å². The Morgan fingerprint density at radius 3 is 1.10 bits per heavy atom. The van der Waals surface area contributed by atoms with Crippen molar-refractivity contribution in [2.75, 3.05) is 48.7 Å². The summed E-state index contributed by atoms with van der Waals surface area (Å²) in [6.45, 7) is 0.801. The van der Waals surface area contributed by atoms with Gasteiger partial charge in [-0.2, -0.15) is 0 Å². The van der Waals surface area contributed by atoms with Crippen molar-refractivity contribution in [3.8, 4) is 46.0 Å². The van der Waals surface area contributed by atoms with Gasteiger partial charge in [0.2, 0.25) is 23.6 Å². The van der Waals surface area contributed by atoms with Crippen LogP contribution in [0.3, 0.4) is 0 Å². The number of nitrogens with one attached hydrogen (secondary N) is 4. The summed E-state index contributed by atoms with van der Waals surface area (Å²) in [5, 5.41) is 32.7. The molecule has 2 aliphatic rings. The van der Waals surface area contributed by atoms with Gasteiger partial charge in [-0.1, -0.05) is 25.7 Å². The number of hydrogen-bond acceptors (Lipinski definition) is 16. The molecule has 480 valence electrons. The number of pyridine rings is 2. The molecule has 4 N–H and O–H groups in total. The monoisotopic (exact) mass is 1300 g/mol. The molecule has 4 amide bonds. The number of unbranched alkanes of at least 4 members (excludes halogenated alkanes) is 6. The molecule has 2 heterocycles.